The third-order valence-electron chi connectivity index (χ3n) is 11.4. The number of hydrogen-bond donors (Lipinski definition) is 0. The van der Waals surface area contributed by atoms with Crippen molar-refractivity contribution in [3.63, 3.8) is 0 Å². The summed E-state index contributed by atoms with van der Waals surface area (Å²) < 4.78 is 2.44. The van der Waals surface area contributed by atoms with E-state index in [1.165, 1.54) is 60.8 Å². The van der Waals surface area contributed by atoms with Gasteiger partial charge in [0.1, 0.15) is 0 Å². The Morgan fingerprint density at radius 1 is 0.491 bits per heavy atom. The number of aromatic nitrogens is 2. The van der Waals surface area contributed by atoms with E-state index in [1.807, 2.05) is 6.07 Å². The third kappa shape index (κ3) is 5.42. The van der Waals surface area contributed by atoms with Gasteiger partial charge >= 0.3 is 0 Å². The quantitative estimate of drug-likeness (QED) is 0.169. The van der Waals surface area contributed by atoms with Crippen LogP contribution in [0.3, 0.4) is 0 Å². The summed E-state index contributed by atoms with van der Waals surface area (Å²) in [6, 6.07) is 65.0. The van der Waals surface area contributed by atoms with Gasteiger partial charge in [0.05, 0.1) is 33.8 Å². The summed E-state index contributed by atoms with van der Waals surface area (Å²) in [5.74, 6) is 0. The first-order valence-corrected chi connectivity index (χ1v) is 19.0. The van der Waals surface area contributed by atoms with E-state index in [0.29, 0.717) is 0 Å². The van der Waals surface area contributed by atoms with Gasteiger partial charge in [-0.2, -0.15) is 0 Å². The topological polar surface area (TPSA) is 30.2 Å². The molecule has 9 aromatic rings. The second kappa shape index (κ2) is 12.9. The smallest absolute Gasteiger partial charge is 0.0744 e. The van der Waals surface area contributed by atoms with Gasteiger partial charge in [0.2, 0.25) is 0 Å². The Kier molecular flexibility index (Phi) is 7.71. The van der Waals surface area contributed by atoms with Gasteiger partial charge in [0, 0.05) is 38.6 Å². The molecule has 0 amide bonds. The maximum Gasteiger partial charge on any atom is 0.0744 e. The summed E-state index contributed by atoms with van der Waals surface area (Å²) in [5.41, 5.74) is 18.0. The van der Waals surface area contributed by atoms with E-state index >= 15 is 0 Å². The monoisotopic (exact) mass is 705 g/mol. The molecule has 0 N–H and O–H groups in total. The van der Waals surface area contributed by atoms with Crippen LogP contribution in [0.4, 0.5) is 5.69 Å². The molecule has 0 atom stereocenters. The normalized spacial score (nSPS) is 13.3. The van der Waals surface area contributed by atoms with Gasteiger partial charge in [0.15, 0.2) is 0 Å². The lowest BCUT2D eigenvalue weighted by molar-refractivity contribution is 0.741. The van der Waals surface area contributed by atoms with E-state index in [9.17, 15) is 0 Å². The molecule has 7 aromatic carbocycles. The number of benzene rings is 7. The number of nitrogens with zero attached hydrogens (tertiary/aromatic N) is 3. The highest BCUT2D eigenvalue weighted by molar-refractivity contribution is 6.19. The molecular formula is C52H39N3. The number of aliphatic imine (C=N–C) groups is 1. The summed E-state index contributed by atoms with van der Waals surface area (Å²) in [6.45, 7) is 6.82. The molecule has 0 saturated carbocycles. The maximum absolute atomic E-state index is 5.26. The molecule has 3 nitrogen and oxygen atoms in total. The lowest BCUT2D eigenvalue weighted by Gasteiger charge is -2.24. The lowest BCUT2D eigenvalue weighted by atomic mass is 9.78. The second-order valence-corrected chi connectivity index (χ2v) is 15.0. The minimum Gasteiger partial charge on any atom is -0.309 e. The third-order valence-corrected chi connectivity index (χ3v) is 11.4. The number of fused-ring (bicyclic) bond motifs is 5. The zero-order valence-corrected chi connectivity index (χ0v) is 31.2. The van der Waals surface area contributed by atoms with Gasteiger partial charge in [-0.15, -0.1) is 0 Å². The van der Waals surface area contributed by atoms with Crippen molar-refractivity contribution in [3.8, 4) is 50.5 Å². The van der Waals surface area contributed by atoms with E-state index in [4.69, 9.17) is 9.98 Å². The highest BCUT2D eigenvalue weighted by Crippen LogP contribution is 2.48. The molecule has 0 unspecified atom stereocenters. The van der Waals surface area contributed by atoms with Crippen LogP contribution >= 0.6 is 0 Å². The molecule has 3 heteroatoms. The molecule has 2 aromatic heterocycles. The number of pyridine rings is 1. The molecule has 55 heavy (non-hydrogen) atoms. The van der Waals surface area contributed by atoms with Crippen LogP contribution < -0.4 is 0 Å². The van der Waals surface area contributed by atoms with Crippen molar-refractivity contribution in [2.75, 3.05) is 0 Å². The van der Waals surface area contributed by atoms with Crippen molar-refractivity contribution in [1.29, 1.82) is 0 Å². The van der Waals surface area contributed by atoms with Gasteiger partial charge in [-0.3, -0.25) is 4.99 Å². The minimum atomic E-state index is -0.278. The zero-order valence-electron chi connectivity index (χ0n) is 31.2. The first kappa shape index (κ1) is 32.8. The summed E-state index contributed by atoms with van der Waals surface area (Å²) in [4.78, 5) is 10.5. The van der Waals surface area contributed by atoms with Crippen LogP contribution in [0.15, 0.2) is 187 Å². The van der Waals surface area contributed by atoms with Crippen molar-refractivity contribution in [2.45, 2.75) is 26.2 Å². The Hall–Kier alpha value is -6.84. The number of hydrogen-bond acceptors (Lipinski definition) is 2. The lowest BCUT2D eigenvalue weighted by Crippen LogP contribution is -2.27. The van der Waals surface area contributed by atoms with E-state index < -0.39 is 0 Å². The number of para-hydroxylation sites is 1. The molecule has 0 fully saturated rings. The highest BCUT2D eigenvalue weighted by atomic mass is 15.0. The molecule has 1 aliphatic rings. The van der Waals surface area contributed by atoms with E-state index in [2.05, 4.69) is 201 Å². The summed E-state index contributed by atoms with van der Waals surface area (Å²) in [5, 5.41) is 2.50. The first-order chi connectivity index (χ1) is 27.0. The molecule has 3 heterocycles. The fourth-order valence-corrected chi connectivity index (χ4v) is 8.61. The van der Waals surface area contributed by atoms with Gasteiger partial charge in [0.25, 0.3) is 0 Å². The Balaban J connectivity index is 1.04. The Morgan fingerprint density at radius 2 is 1.05 bits per heavy atom. The van der Waals surface area contributed by atoms with Crippen LogP contribution in [-0.4, -0.2) is 15.3 Å². The molecule has 262 valence electrons. The van der Waals surface area contributed by atoms with Gasteiger partial charge in [-0.25, -0.2) is 4.98 Å². The first-order valence-electron chi connectivity index (χ1n) is 19.0. The Morgan fingerprint density at radius 3 is 1.73 bits per heavy atom. The van der Waals surface area contributed by atoms with Gasteiger partial charge < -0.3 is 4.57 Å². The molecule has 0 radical (unpaired) electrons. The Bertz CT molecular complexity index is 2900. The molecular weight excluding hydrogens is 667 g/mol. The summed E-state index contributed by atoms with van der Waals surface area (Å²) in [6.07, 6.45) is 0. The fraction of sp³-hybridized carbons (Fsp3) is 0.0769. The minimum absolute atomic E-state index is 0.278. The molecule has 10 rings (SSSR count). The molecule has 0 saturated heterocycles. The largest absolute Gasteiger partial charge is 0.309 e. The van der Waals surface area contributed by atoms with E-state index in [-0.39, 0.29) is 5.41 Å². The van der Waals surface area contributed by atoms with E-state index in [0.717, 1.165) is 39.6 Å². The van der Waals surface area contributed by atoms with Crippen LogP contribution in [0, 0.1) is 6.92 Å². The van der Waals surface area contributed by atoms with Gasteiger partial charge in [-0.05, 0) is 84.5 Å². The van der Waals surface area contributed by atoms with Crippen molar-refractivity contribution < 1.29 is 0 Å². The predicted octanol–water partition coefficient (Wildman–Crippen LogP) is 13.6. The van der Waals surface area contributed by atoms with Crippen molar-refractivity contribution in [3.05, 3.63) is 199 Å². The van der Waals surface area contributed by atoms with Crippen LogP contribution in [0.1, 0.15) is 30.5 Å². The predicted molar refractivity (Wildman–Crippen MR) is 231 cm³/mol. The van der Waals surface area contributed by atoms with Crippen molar-refractivity contribution in [2.24, 2.45) is 4.99 Å². The van der Waals surface area contributed by atoms with Gasteiger partial charge in [-0.1, -0.05) is 152 Å². The average Bonchev–Trinajstić information content (AvgIpc) is 3.72. The Labute approximate surface area is 321 Å². The molecule has 0 spiro atoms. The maximum atomic E-state index is 5.26. The molecule has 0 aliphatic carbocycles. The van der Waals surface area contributed by atoms with Crippen LogP contribution in [0.5, 0.6) is 0 Å². The molecule has 0 bridgehead atoms. The van der Waals surface area contributed by atoms with Crippen LogP contribution in [0.25, 0.3) is 72.3 Å². The molecule has 1 aliphatic heterocycles. The highest BCUT2D eigenvalue weighted by Gasteiger charge is 2.39. The van der Waals surface area contributed by atoms with E-state index in [1.54, 1.807) is 0 Å². The average molecular weight is 706 g/mol. The summed E-state index contributed by atoms with van der Waals surface area (Å²) in [7, 11) is 0. The van der Waals surface area contributed by atoms with Crippen LogP contribution in [-0.2, 0) is 5.41 Å². The number of rotatable bonds is 6. The van der Waals surface area contributed by atoms with Crippen molar-refractivity contribution >= 4 is 33.2 Å². The standard InChI is InChI=1S/C52H39N3/c1-34-44(37-15-7-4-8-16-37)33-46(38-17-9-5-10-18-38)53-49(34)39-25-23-35(24-26-39)36-27-29-41(30-28-36)55-47-22-14-13-21-42(47)43-31-32-45-48(50(43)55)52(2,3)51(54-45)40-19-11-6-12-20-40/h4-33H,1-3H3. The van der Waals surface area contributed by atoms with Crippen molar-refractivity contribution in [1.82, 2.24) is 9.55 Å². The zero-order chi connectivity index (χ0) is 37.1. The summed E-state index contributed by atoms with van der Waals surface area (Å²) >= 11 is 0. The fourth-order valence-electron chi connectivity index (χ4n) is 8.61. The van der Waals surface area contributed by atoms with Crippen LogP contribution in [0.2, 0.25) is 0 Å². The SMILES string of the molecule is Cc1c(-c2ccccc2)cc(-c2ccccc2)nc1-c1ccc(-c2ccc(-n3c4ccccc4c4ccc5c(c43)C(C)(C)C(c3ccccc3)=N5)cc2)cc1. The second-order valence-electron chi connectivity index (χ2n) is 15.0.